The Hall–Kier alpha value is -1.51. The lowest BCUT2D eigenvalue weighted by atomic mass is 10.1. The van der Waals surface area contributed by atoms with Gasteiger partial charge in [0.25, 0.3) is 0 Å². The minimum atomic E-state index is -0.172. The number of esters is 1. The molecular formula is C13H17NO2. The Balaban J connectivity index is 2.20. The monoisotopic (exact) mass is 219 g/mol. The Labute approximate surface area is 96.0 Å². The second kappa shape index (κ2) is 4.56. The second-order valence-corrected chi connectivity index (χ2v) is 4.06. The van der Waals surface area contributed by atoms with Crippen molar-refractivity contribution in [3.05, 3.63) is 29.3 Å². The molecule has 1 heterocycles. The number of benzene rings is 1. The number of ether oxygens (including phenoxy) is 1. The van der Waals surface area contributed by atoms with E-state index in [2.05, 4.69) is 30.0 Å². The molecule has 0 spiro atoms. The van der Waals surface area contributed by atoms with Crippen molar-refractivity contribution in [1.82, 2.24) is 0 Å². The van der Waals surface area contributed by atoms with Crippen LogP contribution >= 0.6 is 0 Å². The average molecular weight is 219 g/mol. The smallest absolute Gasteiger partial charge is 0.325 e. The van der Waals surface area contributed by atoms with Crippen LogP contribution in [0.2, 0.25) is 0 Å². The summed E-state index contributed by atoms with van der Waals surface area (Å²) in [7, 11) is 1.43. The zero-order chi connectivity index (χ0) is 11.5. The van der Waals surface area contributed by atoms with E-state index in [1.54, 1.807) is 0 Å². The molecule has 3 heteroatoms. The summed E-state index contributed by atoms with van der Waals surface area (Å²) >= 11 is 0. The van der Waals surface area contributed by atoms with Crippen molar-refractivity contribution in [3.8, 4) is 0 Å². The summed E-state index contributed by atoms with van der Waals surface area (Å²) in [5.41, 5.74) is 3.85. The summed E-state index contributed by atoms with van der Waals surface area (Å²) in [4.78, 5) is 13.4. The van der Waals surface area contributed by atoms with Crippen LogP contribution in [0.4, 0.5) is 5.69 Å². The van der Waals surface area contributed by atoms with E-state index in [9.17, 15) is 4.79 Å². The summed E-state index contributed by atoms with van der Waals surface area (Å²) in [5.74, 6) is -0.172. The van der Waals surface area contributed by atoms with Crippen molar-refractivity contribution in [3.63, 3.8) is 0 Å². The van der Waals surface area contributed by atoms with E-state index < -0.39 is 0 Å². The quantitative estimate of drug-likeness (QED) is 0.726. The Bertz CT molecular complexity index is 401. The van der Waals surface area contributed by atoms with Crippen LogP contribution in [0.15, 0.2) is 18.2 Å². The van der Waals surface area contributed by atoms with Gasteiger partial charge in [-0.2, -0.15) is 0 Å². The molecule has 0 atom stereocenters. The molecule has 86 valence electrons. The summed E-state index contributed by atoms with van der Waals surface area (Å²) in [5, 5.41) is 0. The maximum atomic E-state index is 11.3. The van der Waals surface area contributed by atoms with Crippen molar-refractivity contribution in [2.75, 3.05) is 25.1 Å². The van der Waals surface area contributed by atoms with Gasteiger partial charge >= 0.3 is 5.97 Å². The van der Waals surface area contributed by atoms with Crippen LogP contribution in [-0.4, -0.2) is 26.2 Å². The maximum absolute atomic E-state index is 11.3. The molecule has 0 aliphatic carbocycles. The molecule has 1 aliphatic rings. The van der Waals surface area contributed by atoms with Gasteiger partial charge in [-0.1, -0.05) is 19.1 Å². The fourth-order valence-electron chi connectivity index (χ4n) is 2.10. The van der Waals surface area contributed by atoms with Gasteiger partial charge in [0.2, 0.25) is 0 Å². The minimum absolute atomic E-state index is 0.172. The molecule has 0 saturated heterocycles. The molecule has 2 rings (SSSR count). The van der Waals surface area contributed by atoms with E-state index in [1.807, 2.05) is 0 Å². The Morgan fingerprint density at radius 2 is 2.31 bits per heavy atom. The van der Waals surface area contributed by atoms with Gasteiger partial charge in [0.15, 0.2) is 0 Å². The number of rotatable bonds is 3. The summed E-state index contributed by atoms with van der Waals surface area (Å²) < 4.78 is 4.70. The summed E-state index contributed by atoms with van der Waals surface area (Å²) in [6, 6.07) is 6.52. The fraction of sp³-hybridized carbons (Fsp3) is 0.462. The number of carbonyl (C=O) groups excluding carboxylic acids is 1. The Morgan fingerprint density at radius 1 is 1.50 bits per heavy atom. The first kappa shape index (κ1) is 11.0. The molecule has 3 nitrogen and oxygen atoms in total. The van der Waals surface area contributed by atoms with E-state index >= 15 is 0 Å². The third kappa shape index (κ3) is 2.03. The summed E-state index contributed by atoms with van der Waals surface area (Å²) in [6.45, 7) is 3.41. The molecule has 1 aromatic rings. The molecule has 1 aromatic carbocycles. The van der Waals surface area contributed by atoms with E-state index in [-0.39, 0.29) is 5.97 Å². The third-order valence-corrected chi connectivity index (χ3v) is 3.10. The Kier molecular flexibility index (Phi) is 3.13. The van der Waals surface area contributed by atoms with Gasteiger partial charge < -0.3 is 9.64 Å². The highest BCUT2D eigenvalue weighted by Crippen LogP contribution is 2.28. The molecule has 1 aliphatic heterocycles. The topological polar surface area (TPSA) is 29.5 Å². The van der Waals surface area contributed by atoms with Gasteiger partial charge in [0, 0.05) is 12.2 Å². The highest BCUT2D eigenvalue weighted by atomic mass is 16.5. The van der Waals surface area contributed by atoms with Gasteiger partial charge in [0.05, 0.1) is 7.11 Å². The lowest BCUT2D eigenvalue weighted by Gasteiger charge is -2.18. The predicted octanol–water partition coefficient (Wildman–Crippen LogP) is 1.78. The molecule has 0 amide bonds. The highest BCUT2D eigenvalue weighted by Gasteiger charge is 2.21. The van der Waals surface area contributed by atoms with Crippen LogP contribution in [0.25, 0.3) is 0 Å². The standard InChI is InChI=1S/C13H17NO2/c1-3-10-4-5-11-6-7-14(12(11)8-10)9-13(15)16-2/h4-5,8H,3,6-7,9H2,1-2H3. The van der Waals surface area contributed by atoms with E-state index in [0.29, 0.717) is 6.54 Å². The van der Waals surface area contributed by atoms with Gasteiger partial charge in [-0.25, -0.2) is 0 Å². The highest BCUT2D eigenvalue weighted by molar-refractivity contribution is 5.77. The zero-order valence-electron chi connectivity index (χ0n) is 9.82. The molecule has 0 N–H and O–H groups in total. The van der Waals surface area contributed by atoms with Gasteiger partial charge in [-0.15, -0.1) is 0 Å². The van der Waals surface area contributed by atoms with Crippen LogP contribution in [0.5, 0.6) is 0 Å². The van der Waals surface area contributed by atoms with Crippen molar-refractivity contribution < 1.29 is 9.53 Å². The molecule has 0 unspecified atom stereocenters. The van der Waals surface area contributed by atoms with E-state index in [1.165, 1.54) is 23.9 Å². The zero-order valence-corrected chi connectivity index (χ0v) is 9.82. The van der Waals surface area contributed by atoms with Gasteiger partial charge in [0.1, 0.15) is 6.54 Å². The van der Waals surface area contributed by atoms with Crippen LogP contribution < -0.4 is 4.90 Å². The first-order valence-corrected chi connectivity index (χ1v) is 5.68. The first-order chi connectivity index (χ1) is 7.74. The molecule has 0 aromatic heterocycles. The third-order valence-electron chi connectivity index (χ3n) is 3.10. The predicted molar refractivity (Wildman–Crippen MR) is 63.8 cm³/mol. The lowest BCUT2D eigenvalue weighted by molar-refractivity contribution is -0.138. The van der Waals surface area contributed by atoms with E-state index in [4.69, 9.17) is 4.74 Å². The Morgan fingerprint density at radius 3 is 3.00 bits per heavy atom. The number of anilines is 1. The van der Waals surface area contributed by atoms with Crippen molar-refractivity contribution >= 4 is 11.7 Å². The van der Waals surface area contributed by atoms with Gasteiger partial charge in [-0.05, 0) is 30.0 Å². The number of fused-ring (bicyclic) bond motifs is 1. The molecular weight excluding hydrogens is 202 g/mol. The molecule has 0 bridgehead atoms. The molecule has 0 saturated carbocycles. The van der Waals surface area contributed by atoms with Gasteiger partial charge in [-0.3, -0.25) is 4.79 Å². The van der Waals surface area contributed by atoms with Crippen LogP contribution in [-0.2, 0) is 22.4 Å². The normalized spacial score (nSPS) is 13.8. The van der Waals surface area contributed by atoms with Crippen molar-refractivity contribution in [1.29, 1.82) is 0 Å². The second-order valence-electron chi connectivity index (χ2n) is 4.06. The van der Waals surface area contributed by atoms with E-state index in [0.717, 1.165) is 19.4 Å². The fourth-order valence-corrected chi connectivity index (χ4v) is 2.10. The number of nitrogens with zero attached hydrogens (tertiary/aromatic N) is 1. The number of methoxy groups -OCH3 is 1. The van der Waals surface area contributed by atoms with Crippen molar-refractivity contribution in [2.45, 2.75) is 19.8 Å². The SMILES string of the molecule is CCc1ccc2c(c1)N(CC(=O)OC)CC2. The number of aryl methyl sites for hydroxylation is 1. The first-order valence-electron chi connectivity index (χ1n) is 5.68. The van der Waals surface area contributed by atoms with Crippen LogP contribution in [0.1, 0.15) is 18.1 Å². The van der Waals surface area contributed by atoms with Crippen LogP contribution in [0, 0.1) is 0 Å². The van der Waals surface area contributed by atoms with Crippen LogP contribution in [0.3, 0.4) is 0 Å². The molecule has 16 heavy (non-hydrogen) atoms. The molecule has 0 fully saturated rings. The number of hydrogen-bond donors (Lipinski definition) is 0. The van der Waals surface area contributed by atoms with Crippen molar-refractivity contribution in [2.24, 2.45) is 0 Å². The number of carbonyl (C=O) groups is 1. The largest absolute Gasteiger partial charge is 0.468 e. The maximum Gasteiger partial charge on any atom is 0.325 e. The number of hydrogen-bond acceptors (Lipinski definition) is 3. The minimum Gasteiger partial charge on any atom is -0.468 e. The molecule has 0 radical (unpaired) electrons. The lowest BCUT2D eigenvalue weighted by Crippen LogP contribution is -2.28. The summed E-state index contributed by atoms with van der Waals surface area (Å²) in [6.07, 6.45) is 2.05. The average Bonchev–Trinajstić information content (AvgIpc) is 2.71.